The van der Waals surface area contributed by atoms with Gasteiger partial charge in [0.2, 0.25) is 0 Å². The molecule has 0 rings (SSSR count). The second kappa shape index (κ2) is 10.4. The van der Waals surface area contributed by atoms with Crippen LogP contribution in [0.3, 0.4) is 0 Å². The van der Waals surface area contributed by atoms with E-state index in [9.17, 15) is 0 Å². The van der Waals surface area contributed by atoms with Crippen molar-refractivity contribution in [3.63, 3.8) is 0 Å². The van der Waals surface area contributed by atoms with Gasteiger partial charge in [-0.3, -0.25) is 0 Å². The molecule has 0 atom stereocenters. The summed E-state index contributed by atoms with van der Waals surface area (Å²) in [5, 5.41) is 8.20. The van der Waals surface area contributed by atoms with Gasteiger partial charge in [0.05, 0.1) is 19.1 Å². The molecule has 0 aliphatic heterocycles. The molecule has 0 amide bonds. The van der Waals surface area contributed by atoms with Crippen LogP contribution in [0.2, 0.25) is 0 Å². The van der Waals surface area contributed by atoms with Crippen molar-refractivity contribution in [3.8, 4) is 6.07 Å². The van der Waals surface area contributed by atoms with Crippen LogP contribution in [0.25, 0.3) is 0 Å². The number of rotatable bonds is 8. The number of nitrogens with zero attached hydrogens (tertiary/aromatic N) is 1. The lowest BCUT2D eigenvalue weighted by Crippen LogP contribution is -1.99. The van der Waals surface area contributed by atoms with Gasteiger partial charge in [0.25, 0.3) is 0 Å². The molecule has 0 aromatic rings. The number of nitriles is 1. The monoisotopic (exact) mass is 170 g/mol. The molecule has 0 heterocycles. The Morgan fingerprint density at radius 2 is 1.83 bits per heavy atom. The number of hydrogen-bond acceptors (Lipinski definition) is 3. The molecule has 0 unspecified atom stereocenters. The molecular weight excluding hydrogens is 152 g/mol. The summed E-state index contributed by atoms with van der Waals surface area (Å²) in [6.07, 6.45) is 5.08. The predicted molar refractivity (Wildman–Crippen MR) is 48.6 cm³/mol. The Labute approximate surface area is 74.5 Å². The largest absolute Gasteiger partial charge is 0.380 e. The van der Waals surface area contributed by atoms with Gasteiger partial charge < -0.3 is 10.5 Å². The van der Waals surface area contributed by atoms with Crippen molar-refractivity contribution in [2.45, 2.75) is 32.1 Å². The lowest BCUT2D eigenvalue weighted by Gasteiger charge is -2.00. The maximum absolute atomic E-state index is 8.20. The fourth-order valence-corrected chi connectivity index (χ4v) is 0.922. The fraction of sp³-hybridized carbons (Fsp3) is 0.889. The van der Waals surface area contributed by atoms with Gasteiger partial charge in [-0.1, -0.05) is 12.8 Å². The zero-order valence-corrected chi connectivity index (χ0v) is 7.59. The van der Waals surface area contributed by atoms with E-state index >= 15 is 0 Å². The maximum atomic E-state index is 8.20. The number of hydrogen-bond donors (Lipinski definition) is 1. The van der Waals surface area contributed by atoms with Crippen LogP contribution < -0.4 is 5.73 Å². The Hall–Kier alpha value is -0.590. The van der Waals surface area contributed by atoms with Gasteiger partial charge >= 0.3 is 0 Å². The van der Waals surface area contributed by atoms with E-state index in [1.54, 1.807) is 0 Å². The summed E-state index contributed by atoms with van der Waals surface area (Å²) in [7, 11) is 0. The van der Waals surface area contributed by atoms with E-state index in [1.165, 1.54) is 12.8 Å². The van der Waals surface area contributed by atoms with E-state index in [-0.39, 0.29) is 0 Å². The average molecular weight is 170 g/mol. The molecule has 0 radical (unpaired) electrons. The summed E-state index contributed by atoms with van der Waals surface area (Å²) < 4.78 is 5.20. The van der Waals surface area contributed by atoms with Gasteiger partial charge in [-0.2, -0.15) is 5.26 Å². The van der Waals surface area contributed by atoms with E-state index < -0.39 is 0 Å². The molecule has 3 heteroatoms. The fourth-order valence-electron chi connectivity index (χ4n) is 0.922. The van der Waals surface area contributed by atoms with Gasteiger partial charge in [-0.05, 0) is 19.4 Å². The van der Waals surface area contributed by atoms with E-state index in [0.717, 1.165) is 26.0 Å². The smallest absolute Gasteiger partial charge is 0.0645 e. The third kappa shape index (κ3) is 9.41. The normalized spacial score (nSPS) is 9.67. The second-order valence-corrected chi connectivity index (χ2v) is 2.72. The SMILES string of the molecule is N#CCCOCCCCCCN. The first-order valence-electron chi connectivity index (χ1n) is 4.56. The van der Waals surface area contributed by atoms with Crippen LogP contribution in [0.1, 0.15) is 32.1 Å². The molecule has 3 nitrogen and oxygen atoms in total. The summed E-state index contributed by atoms with van der Waals surface area (Å²) in [5.41, 5.74) is 5.34. The summed E-state index contributed by atoms with van der Waals surface area (Å²) in [4.78, 5) is 0. The van der Waals surface area contributed by atoms with Gasteiger partial charge in [-0.25, -0.2) is 0 Å². The van der Waals surface area contributed by atoms with Crippen LogP contribution >= 0.6 is 0 Å². The van der Waals surface area contributed by atoms with Crippen LogP contribution in [0.15, 0.2) is 0 Å². The standard InChI is InChI=1S/C9H18N2O/c10-6-3-1-2-4-8-12-9-5-7-11/h1-6,8-10H2. The van der Waals surface area contributed by atoms with Crippen molar-refractivity contribution in [1.29, 1.82) is 5.26 Å². The van der Waals surface area contributed by atoms with E-state index in [4.69, 9.17) is 15.7 Å². The highest BCUT2D eigenvalue weighted by Crippen LogP contribution is 1.98. The maximum Gasteiger partial charge on any atom is 0.0645 e. The van der Waals surface area contributed by atoms with E-state index in [0.29, 0.717) is 13.0 Å². The minimum absolute atomic E-state index is 0.503. The van der Waals surface area contributed by atoms with Crippen molar-refractivity contribution in [3.05, 3.63) is 0 Å². The van der Waals surface area contributed by atoms with Crippen molar-refractivity contribution < 1.29 is 4.74 Å². The molecule has 0 saturated heterocycles. The molecule has 0 spiro atoms. The minimum atomic E-state index is 0.503. The summed E-state index contributed by atoms with van der Waals surface area (Å²) >= 11 is 0. The Kier molecular flexibility index (Phi) is 9.90. The third-order valence-corrected chi connectivity index (χ3v) is 1.60. The van der Waals surface area contributed by atoms with E-state index in [2.05, 4.69) is 0 Å². The van der Waals surface area contributed by atoms with E-state index in [1.807, 2.05) is 6.07 Å². The van der Waals surface area contributed by atoms with Crippen LogP contribution in [0.5, 0.6) is 0 Å². The number of ether oxygens (including phenoxy) is 1. The first-order valence-corrected chi connectivity index (χ1v) is 4.56. The highest BCUT2D eigenvalue weighted by molar-refractivity contribution is 4.66. The topological polar surface area (TPSA) is 59.0 Å². The Morgan fingerprint density at radius 1 is 1.08 bits per heavy atom. The van der Waals surface area contributed by atoms with Gasteiger partial charge in [0, 0.05) is 6.61 Å². The molecule has 0 aromatic heterocycles. The summed E-state index contributed by atoms with van der Waals surface area (Å²) in [6, 6.07) is 2.04. The Morgan fingerprint density at radius 3 is 2.50 bits per heavy atom. The second-order valence-electron chi connectivity index (χ2n) is 2.72. The molecule has 0 aliphatic carbocycles. The van der Waals surface area contributed by atoms with Gasteiger partial charge in [0.15, 0.2) is 0 Å². The van der Waals surface area contributed by atoms with Gasteiger partial charge in [-0.15, -0.1) is 0 Å². The van der Waals surface area contributed by atoms with Crippen LogP contribution in [-0.4, -0.2) is 19.8 Å². The zero-order chi connectivity index (χ0) is 9.07. The Bertz CT molecular complexity index is 120. The molecule has 0 bridgehead atoms. The summed E-state index contributed by atoms with van der Waals surface area (Å²) in [6.45, 7) is 2.15. The third-order valence-electron chi connectivity index (χ3n) is 1.60. The highest BCUT2D eigenvalue weighted by atomic mass is 16.5. The lowest BCUT2D eigenvalue weighted by atomic mass is 10.2. The number of unbranched alkanes of at least 4 members (excludes halogenated alkanes) is 3. The minimum Gasteiger partial charge on any atom is -0.380 e. The van der Waals surface area contributed by atoms with Crippen molar-refractivity contribution in [2.75, 3.05) is 19.8 Å². The first kappa shape index (κ1) is 11.4. The molecule has 2 N–H and O–H groups in total. The zero-order valence-electron chi connectivity index (χ0n) is 7.59. The highest BCUT2D eigenvalue weighted by Gasteiger charge is 1.89. The van der Waals surface area contributed by atoms with Crippen molar-refractivity contribution in [1.82, 2.24) is 0 Å². The predicted octanol–water partition coefficient (Wildman–Crippen LogP) is 1.44. The van der Waals surface area contributed by atoms with Crippen LogP contribution in [0, 0.1) is 11.3 Å². The first-order chi connectivity index (χ1) is 5.91. The molecule has 12 heavy (non-hydrogen) atoms. The van der Waals surface area contributed by atoms with Crippen molar-refractivity contribution >= 4 is 0 Å². The van der Waals surface area contributed by atoms with Gasteiger partial charge in [0.1, 0.15) is 0 Å². The molecule has 0 aliphatic rings. The number of nitrogens with two attached hydrogens (primary N) is 1. The lowest BCUT2D eigenvalue weighted by molar-refractivity contribution is 0.135. The average Bonchev–Trinajstić information content (AvgIpc) is 2.10. The molecule has 0 fully saturated rings. The summed E-state index contributed by atoms with van der Waals surface area (Å²) in [5.74, 6) is 0. The molecular formula is C9H18N2O. The molecule has 0 saturated carbocycles. The molecule has 0 aromatic carbocycles. The Balaban J connectivity index is 2.78. The van der Waals surface area contributed by atoms with Crippen molar-refractivity contribution in [2.24, 2.45) is 5.73 Å². The quantitative estimate of drug-likeness (QED) is 0.561. The molecule has 70 valence electrons. The van der Waals surface area contributed by atoms with Crippen LogP contribution in [-0.2, 0) is 4.74 Å². The van der Waals surface area contributed by atoms with Crippen LogP contribution in [0.4, 0.5) is 0 Å².